The van der Waals surface area contributed by atoms with Crippen LogP contribution < -0.4 is 10.6 Å². The number of ether oxygens (including phenoxy) is 1. The first-order valence-electron chi connectivity index (χ1n) is 12.3. The molecule has 37 heavy (non-hydrogen) atoms. The minimum atomic E-state index is -0.931. The molecule has 1 aliphatic heterocycles. The van der Waals surface area contributed by atoms with E-state index in [-0.39, 0.29) is 24.4 Å². The summed E-state index contributed by atoms with van der Waals surface area (Å²) in [4.78, 5) is 40.3. The summed E-state index contributed by atoms with van der Waals surface area (Å²) in [7, 11) is 0. The van der Waals surface area contributed by atoms with Gasteiger partial charge in [0.2, 0.25) is 11.8 Å². The highest BCUT2D eigenvalue weighted by Gasteiger charge is 2.47. The molecule has 1 heterocycles. The van der Waals surface area contributed by atoms with E-state index in [1.807, 2.05) is 50.2 Å². The summed E-state index contributed by atoms with van der Waals surface area (Å²) in [5.41, 5.74) is 2.92. The van der Waals surface area contributed by atoms with Gasteiger partial charge in [-0.25, -0.2) is 4.79 Å². The molecule has 1 aliphatic rings. The van der Waals surface area contributed by atoms with E-state index < -0.39 is 18.2 Å². The Morgan fingerprint density at radius 2 is 1.78 bits per heavy atom. The van der Waals surface area contributed by atoms with Gasteiger partial charge in [-0.2, -0.15) is 0 Å². The summed E-state index contributed by atoms with van der Waals surface area (Å²) in [6, 6.07) is 22.6. The van der Waals surface area contributed by atoms with Gasteiger partial charge in [0.1, 0.15) is 0 Å². The monoisotopic (exact) mass is 519 g/mol. The first-order chi connectivity index (χ1) is 17.9. The average molecular weight is 520 g/mol. The second kappa shape index (κ2) is 11.9. The number of cyclic esters (lactones) is 1. The summed E-state index contributed by atoms with van der Waals surface area (Å²) < 4.78 is 5.77. The first-order valence-corrected chi connectivity index (χ1v) is 12.7. The lowest BCUT2D eigenvalue weighted by atomic mass is 9.99. The highest BCUT2D eigenvalue weighted by molar-refractivity contribution is 6.30. The Labute approximate surface area is 221 Å². The van der Waals surface area contributed by atoms with E-state index in [1.54, 1.807) is 42.5 Å². The number of carbonyl (C=O) groups is 3. The molecule has 0 saturated carbocycles. The van der Waals surface area contributed by atoms with Gasteiger partial charge in [0.15, 0.2) is 12.1 Å². The third-order valence-corrected chi connectivity index (χ3v) is 6.46. The number of hydrogen-bond donors (Lipinski definition) is 2. The van der Waals surface area contributed by atoms with Crippen LogP contribution in [0.25, 0.3) is 0 Å². The largest absolute Gasteiger partial charge is 0.438 e. The van der Waals surface area contributed by atoms with E-state index in [1.165, 1.54) is 4.90 Å². The maximum Gasteiger partial charge on any atom is 0.411 e. The Morgan fingerprint density at radius 1 is 1.03 bits per heavy atom. The molecule has 2 N–H and O–H groups in total. The van der Waals surface area contributed by atoms with Gasteiger partial charge in [0.25, 0.3) is 0 Å². The van der Waals surface area contributed by atoms with Gasteiger partial charge >= 0.3 is 6.09 Å². The third-order valence-electron chi connectivity index (χ3n) is 6.23. The van der Waals surface area contributed by atoms with E-state index in [0.29, 0.717) is 22.7 Å². The Hall–Kier alpha value is -3.84. The molecule has 4 rings (SSSR count). The molecular weight excluding hydrogens is 490 g/mol. The van der Waals surface area contributed by atoms with E-state index in [9.17, 15) is 14.4 Å². The minimum Gasteiger partial charge on any atom is -0.438 e. The molecule has 3 aromatic carbocycles. The number of benzene rings is 3. The van der Waals surface area contributed by atoms with Crippen LogP contribution >= 0.6 is 11.6 Å². The van der Waals surface area contributed by atoms with Gasteiger partial charge in [0, 0.05) is 17.1 Å². The molecule has 0 aromatic heterocycles. The number of halogens is 1. The molecular formula is C29H30ClN3O4. The lowest BCUT2D eigenvalue weighted by Crippen LogP contribution is -2.46. The molecule has 7 nitrogen and oxygen atoms in total. The maximum atomic E-state index is 13.7. The molecule has 3 atom stereocenters. The van der Waals surface area contributed by atoms with Crippen LogP contribution in [0.4, 0.5) is 10.5 Å². The zero-order valence-corrected chi connectivity index (χ0v) is 21.6. The van der Waals surface area contributed by atoms with Crippen LogP contribution in [-0.2, 0) is 20.9 Å². The predicted molar refractivity (Wildman–Crippen MR) is 143 cm³/mol. The normalized spacial score (nSPS) is 17.7. The van der Waals surface area contributed by atoms with Crippen LogP contribution in [-0.4, -0.2) is 28.8 Å². The van der Waals surface area contributed by atoms with Crippen molar-refractivity contribution in [2.24, 2.45) is 0 Å². The van der Waals surface area contributed by atoms with Crippen LogP contribution in [0.15, 0.2) is 78.9 Å². The molecule has 1 saturated heterocycles. The number of rotatable bonds is 9. The second-order valence-corrected chi connectivity index (χ2v) is 9.51. The van der Waals surface area contributed by atoms with Crippen LogP contribution in [0.3, 0.4) is 0 Å². The van der Waals surface area contributed by atoms with Crippen molar-refractivity contribution in [2.45, 2.75) is 51.4 Å². The molecule has 0 unspecified atom stereocenters. The highest BCUT2D eigenvalue weighted by Crippen LogP contribution is 2.35. The number of anilines is 1. The van der Waals surface area contributed by atoms with Gasteiger partial charge in [-0.3, -0.25) is 14.5 Å². The van der Waals surface area contributed by atoms with Crippen LogP contribution in [0.2, 0.25) is 5.02 Å². The van der Waals surface area contributed by atoms with Crippen LogP contribution in [0.5, 0.6) is 0 Å². The summed E-state index contributed by atoms with van der Waals surface area (Å²) in [6.45, 7) is 3.98. The third kappa shape index (κ3) is 6.49. The topological polar surface area (TPSA) is 87.7 Å². The molecule has 192 valence electrons. The van der Waals surface area contributed by atoms with Crippen molar-refractivity contribution in [1.29, 1.82) is 0 Å². The fourth-order valence-corrected chi connectivity index (χ4v) is 4.62. The van der Waals surface area contributed by atoms with Gasteiger partial charge in [-0.15, -0.1) is 0 Å². The highest BCUT2D eigenvalue weighted by atomic mass is 35.5. The minimum absolute atomic E-state index is 0.100. The second-order valence-electron chi connectivity index (χ2n) is 9.07. The SMILES string of the molecule is CCCC(=O)Nc1cccc([C@@H]2OC(=O)N(Cc3cccc(Cl)c3)[C@@H]2C(=O)N[C@H](C)c2ccccc2)c1. The van der Waals surface area contributed by atoms with Crippen molar-refractivity contribution in [3.05, 3.63) is 101 Å². The number of amides is 3. The Morgan fingerprint density at radius 3 is 2.51 bits per heavy atom. The van der Waals surface area contributed by atoms with Crippen molar-refractivity contribution in [3.8, 4) is 0 Å². The maximum absolute atomic E-state index is 13.7. The quantitative estimate of drug-likeness (QED) is 0.362. The predicted octanol–water partition coefficient (Wildman–Crippen LogP) is 6.02. The van der Waals surface area contributed by atoms with Gasteiger partial charge in [0.05, 0.1) is 12.6 Å². The lowest BCUT2D eigenvalue weighted by Gasteiger charge is -2.26. The van der Waals surface area contributed by atoms with Crippen molar-refractivity contribution < 1.29 is 19.1 Å². The van der Waals surface area contributed by atoms with Crippen molar-refractivity contribution in [3.63, 3.8) is 0 Å². The fourth-order valence-electron chi connectivity index (χ4n) is 4.41. The molecule has 0 radical (unpaired) electrons. The van der Waals surface area contributed by atoms with Crippen molar-refractivity contribution in [2.75, 3.05) is 5.32 Å². The van der Waals surface area contributed by atoms with E-state index in [2.05, 4.69) is 10.6 Å². The van der Waals surface area contributed by atoms with Crippen LogP contribution in [0, 0.1) is 0 Å². The average Bonchev–Trinajstić information content (AvgIpc) is 3.20. The molecule has 3 amide bonds. The Kier molecular flexibility index (Phi) is 8.46. The zero-order chi connectivity index (χ0) is 26.4. The summed E-state index contributed by atoms with van der Waals surface area (Å²) in [5, 5.41) is 6.44. The molecule has 3 aromatic rings. The van der Waals surface area contributed by atoms with E-state index in [0.717, 1.165) is 17.5 Å². The summed E-state index contributed by atoms with van der Waals surface area (Å²) in [6.07, 6.45) is -0.333. The number of hydrogen-bond acceptors (Lipinski definition) is 4. The van der Waals surface area contributed by atoms with Gasteiger partial charge < -0.3 is 15.4 Å². The molecule has 8 heteroatoms. The summed E-state index contributed by atoms with van der Waals surface area (Å²) in [5.74, 6) is -0.439. The number of nitrogens with zero attached hydrogens (tertiary/aromatic N) is 1. The molecule has 0 bridgehead atoms. The zero-order valence-electron chi connectivity index (χ0n) is 20.8. The Bertz CT molecular complexity index is 1270. The standard InChI is InChI=1S/C29H30ClN3O4/c1-3-9-25(34)32-24-15-8-13-22(17-24)27-26(28(35)31-19(2)21-11-5-4-6-12-21)33(29(36)37-27)18-20-10-7-14-23(30)16-20/h4-8,10-17,19,26-27H,3,9,18H2,1-2H3,(H,31,35)(H,32,34)/t19-,26+,27+/m1/s1. The van der Waals surface area contributed by atoms with E-state index in [4.69, 9.17) is 16.3 Å². The smallest absolute Gasteiger partial charge is 0.411 e. The van der Waals surface area contributed by atoms with Gasteiger partial charge in [-0.1, -0.05) is 73.1 Å². The van der Waals surface area contributed by atoms with Crippen LogP contribution in [0.1, 0.15) is 55.5 Å². The van der Waals surface area contributed by atoms with Gasteiger partial charge in [-0.05, 0) is 54.3 Å². The molecule has 0 aliphatic carbocycles. The summed E-state index contributed by atoms with van der Waals surface area (Å²) >= 11 is 6.16. The number of nitrogens with one attached hydrogen (secondary N) is 2. The fraction of sp³-hybridized carbons (Fsp3) is 0.276. The van der Waals surface area contributed by atoms with E-state index >= 15 is 0 Å². The molecule has 1 fully saturated rings. The lowest BCUT2D eigenvalue weighted by molar-refractivity contribution is -0.127. The molecule has 0 spiro atoms. The van der Waals surface area contributed by atoms with Crippen molar-refractivity contribution >= 4 is 35.2 Å². The van der Waals surface area contributed by atoms with Crippen molar-refractivity contribution in [1.82, 2.24) is 10.2 Å². The Balaban J connectivity index is 1.64. The first kappa shape index (κ1) is 26.2. The number of carbonyl (C=O) groups excluding carboxylic acids is 3.